The van der Waals surface area contributed by atoms with Crippen LogP contribution >= 0.6 is 22.9 Å². The lowest BCUT2D eigenvalue weighted by Gasteiger charge is -2.23. The Kier molecular flexibility index (Phi) is 4.26. The molecule has 2 amide bonds. The van der Waals surface area contributed by atoms with Gasteiger partial charge in [0.25, 0.3) is 5.91 Å². The molecule has 3 heterocycles. The van der Waals surface area contributed by atoms with Crippen LogP contribution < -0.4 is 10.6 Å². The SMILES string of the molecule is Cn1nc(NC(=O)c2ccccc2Cl)c2c1NC(=O)C[C@H]2c1cccs1. The number of anilines is 2. The number of benzene rings is 1. The van der Waals surface area contributed by atoms with Crippen molar-refractivity contribution in [3.63, 3.8) is 0 Å². The molecule has 0 aliphatic carbocycles. The first kappa shape index (κ1) is 16.8. The quantitative estimate of drug-likeness (QED) is 0.717. The van der Waals surface area contributed by atoms with Crippen molar-refractivity contribution in [2.24, 2.45) is 7.05 Å². The van der Waals surface area contributed by atoms with Crippen molar-refractivity contribution in [1.29, 1.82) is 0 Å². The third-order valence-electron chi connectivity index (χ3n) is 4.32. The third kappa shape index (κ3) is 2.89. The fraction of sp³-hybridized carbons (Fsp3) is 0.167. The number of hydrogen-bond acceptors (Lipinski definition) is 4. The van der Waals surface area contributed by atoms with E-state index < -0.39 is 0 Å². The van der Waals surface area contributed by atoms with Crippen LogP contribution in [0.1, 0.15) is 33.1 Å². The van der Waals surface area contributed by atoms with Gasteiger partial charge in [0.05, 0.1) is 10.6 Å². The Morgan fingerprint density at radius 1 is 1.35 bits per heavy atom. The van der Waals surface area contributed by atoms with Crippen molar-refractivity contribution < 1.29 is 9.59 Å². The van der Waals surface area contributed by atoms with Crippen LogP contribution in [0.2, 0.25) is 5.02 Å². The van der Waals surface area contributed by atoms with Gasteiger partial charge in [0, 0.05) is 29.8 Å². The van der Waals surface area contributed by atoms with E-state index in [9.17, 15) is 9.59 Å². The van der Waals surface area contributed by atoms with Gasteiger partial charge >= 0.3 is 0 Å². The predicted octanol–water partition coefficient (Wildman–Crippen LogP) is 3.86. The Hall–Kier alpha value is -2.64. The summed E-state index contributed by atoms with van der Waals surface area (Å²) in [6.45, 7) is 0. The topological polar surface area (TPSA) is 76.0 Å². The van der Waals surface area contributed by atoms with E-state index in [-0.39, 0.29) is 17.7 Å². The summed E-state index contributed by atoms with van der Waals surface area (Å²) in [6, 6.07) is 10.8. The second kappa shape index (κ2) is 6.59. The number of amides is 2. The van der Waals surface area contributed by atoms with E-state index in [4.69, 9.17) is 11.6 Å². The van der Waals surface area contributed by atoms with Gasteiger partial charge < -0.3 is 10.6 Å². The molecule has 2 aromatic heterocycles. The van der Waals surface area contributed by atoms with Gasteiger partial charge in [-0.15, -0.1) is 11.3 Å². The maximum absolute atomic E-state index is 12.7. The number of carbonyl (C=O) groups excluding carboxylic acids is 2. The van der Waals surface area contributed by atoms with Crippen molar-refractivity contribution in [1.82, 2.24) is 9.78 Å². The van der Waals surface area contributed by atoms with E-state index in [2.05, 4.69) is 15.7 Å². The van der Waals surface area contributed by atoms with Gasteiger partial charge in [-0.25, -0.2) is 0 Å². The Bertz CT molecular complexity index is 997. The molecule has 4 rings (SSSR count). The number of hydrogen-bond donors (Lipinski definition) is 2. The molecule has 0 unspecified atom stereocenters. The van der Waals surface area contributed by atoms with Crippen LogP contribution in [0, 0.1) is 0 Å². The lowest BCUT2D eigenvalue weighted by molar-refractivity contribution is -0.116. The fourth-order valence-corrected chi connectivity index (χ4v) is 4.19. The summed E-state index contributed by atoms with van der Waals surface area (Å²) < 4.78 is 1.58. The molecule has 1 atom stereocenters. The van der Waals surface area contributed by atoms with E-state index in [0.29, 0.717) is 28.6 Å². The Balaban J connectivity index is 1.75. The molecule has 3 aromatic rings. The Labute approximate surface area is 158 Å². The van der Waals surface area contributed by atoms with Gasteiger partial charge in [-0.05, 0) is 23.6 Å². The van der Waals surface area contributed by atoms with Crippen molar-refractivity contribution in [2.45, 2.75) is 12.3 Å². The largest absolute Gasteiger partial charge is 0.311 e. The lowest BCUT2D eigenvalue weighted by atomic mass is 9.92. The number of fused-ring (bicyclic) bond motifs is 1. The third-order valence-corrected chi connectivity index (χ3v) is 5.63. The molecule has 1 aliphatic heterocycles. The zero-order chi connectivity index (χ0) is 18.3. The molecule has 0 spiro atoms. The summed E-state index contributed by atoms with van der Waals surface area (Å²) in [5.74, 6) is 0.495. The predicted molar refractivity (Wildman–Crippen MR) is 102 cm³/mol. The second-order valence-corrected chi connectivity index (χ2v) is 7.38. The minimum atomic E-state index is -0.335. The first-order valence-electron chi connectivity index (χ1n) is 8.00. The van der Waals surface area contributed by atoms with Crippen LogP contribution in [0.4, 0.5) is 11.6 Å². The Morgan fingerprint density at radius 3 is 2.88 bits per heavy atom. The summed E-state index contributed by atoms with van der Waals surface area (Å²) in [7, 11) is 1.74. The number of thiophene rings is 1. The molecule has 0 saturated heterocycles. The standard InChI is InChI=1S/C18H15ClN4O2S/c1-23-17-15(11(9-14(24)20-17)13-7-4-8-26-13)16(22-23)21-18(25)10-5-2-3-6-12(10)19/h2-8,11H,9H2,1H3,(H,20,24)(H,21,22,25)/t11-/m0/s1. The summed E-state index contributed by atoms with van der Waals surface area (Å²) in [4.78, 5) is 25.8. The number of aryl methyl sites for hydroxylation is 1. The van der Waals surface area contributed by atoms with Crippen LogP contribution in [0.15, 0.2) is 41.8 Å². The molecule has 1 aromatic carbocycles. The lowest BCUT2D eigenvalue weighted by Crippen LogP contribution is -2.24. The van der Waals surface area contributed by atoms with Crippen LogP contribution in [-0.4, -0.2) is 21.6 Å². The van der Waals surface area contributed by atoms with Gasteiger partial charge in [0.2, 0.25) is 5.91 Å². The number of nitrogens with one attached hydrogen (secondary N) is 2. The highest BCUT2D eigenvalue weighted by molar-refractivity contribution is 7.10. The highest BCUT2D eigenvalue weighted by Gasteiger charge is 2.34. The highest BCUT2D eigenvalue weighted by Crippen LogP contribution is 2.42. The van der Waals surface area contributed by atoms with Gasteiger partial charge in [-0.3, -0.25) is 14.3 Å². The van der Waals surface area contributed by atoms with Crippen molar-refractivity contribution in [3.8, 4) is 0 Å². The molecule has 6 nitrogen and oxygen atoms in total. The zero-order valence-corrected chi connectivity index (χ0v) is 15.4. The second-order valence-electron chi connectivity index (χ2n) is 5.99. The summed E-state index contributed by atoms with van der Waals surface area (Å²) in [5, 5.41) is 12.5. The average molecular weight is 387 g/mol. The van der Waals surface area contributed by atoms with Crippen LogP contribution in [0.5, 0.6) is 0 Å². The first-order chi connectivity index (χ1) is 12.5. The molecule has 132 valence electrons. The molecule has 26 heavy (non-hydrogen) atoms. The summed E-state index contributed by atoms with van der Waals surface area (Å²) in [6.07, 6.45) is 0.314. The van der Waals surface area contributed by atoms with Crippen molar-refractivity contribution in [2.75, 3.05) is 10.6 Å². The van der Waals surface area contributed by atoms with E-state index in [1.165, 1.54) is 0 Å². The van der Waals surface area contributed by atoms with E-state index in [1.807, 2.05) is 17.5 Å². The molecule has 0 fully saturated rings. The molecule has 0 saturated carbocycles. The molecule has 1 aliphatic rings. The molecular weight excluding hydrogens is 372 g/mol. The van der Waals surface area contributed by atoms with Crippen molar-refractivity contribution in [3.05, 3.63) is 62.8 Å². The van der Waals surface area contributed by atoms with Crippen LogP contribution in [0.25, 0.3) is 0 Å². The van der Waals surface area contributed by atoms with Gasteiger partial charge in [0.15, 0.2) is 5.82 Å². The van der Waals surface area contributed by atoms with E-state index in [1.54, 1.807) is 47.3 Å². The molecular formula is C18H15ClN4O2S. The number of rotatable bonds is 3. The van der Waals surface area contributed by atoms with Crippen LogP contribution in [-0.2, 0) is 11.8 Å². The maximum Gasteiger partial charge on any atom is 0.258 e. The minimum Gasteiger partial charge on any atom is -0.311 e. The first-order valence-corrected chi connectivity index (χ1v) is 9.26. The number of carbonyl (C=O) groups is 2. The molecule has 8 heteroatoms. The number of aromatic nitrogens is 2. The van der Waals surface area contributed by atoms with Crippen molar-refractivity contribution >= 4 is 46.4 Å². The fourth-order valence-electron chi connectivity index (χ4n) is 3.13. The summed E-state index contributed by atoms with van der Waals surface area (Å²) in [5.41, 5.74) is 1.19. The highest BCUT2D eigenvalue weighted by atomic mass is 35.5. The summed E-state index contributed by atoms with van der Waals surface area (Å²) >= 11 is 7.70. The van der Waals surface area contributed by atoms with Gasteiger partial charge in [0.1, 0.15) is 5.82 Å². The zero-order valence-electron chi connectivity index (χ0n) is 13.8. The minimum absolute atomic E-state index is 0.0668. The smallest absolute Gasteiger partial charge is 0.258 e. The average Bonchev–Trinajstić information content (AvgIpc) is 3.24. The van der Waals surface area contributed by atoms with Gasteiger partial charge in [-0.2, -0.15) is 5.10 Å². The number of halogens is 1. The van der Waals surface area contributed by atoms with E-state index in [0.717, 1.165) is 10.4 Å². The van der Waals surface area contributed by atoms with E-state index >= 15 is 0 Å². The Morgan fingerprint density at radius 2 is 2.15 bits per heavy atom. The number of nitrogens with zero attached hydrogens (tertiary/aromatic N) is 2. The molecule has 0 bridgehead atoms. The molecule has 2 N–H and O–H groups in total. The monoisotopic (exact) mass is 386 g/mol. The normalized spacial score (nSPS) is 16.1. The molecule has 0 radical (unpaired) electrons. The van der Waals surface area contributed by atoms with Gasteiger partial charge in [-0.1, -0.05) is 29.8 Å². The maximum atomic E-state index is 12.7. The van der Waals surface area contributed by atoms with Crippen LogP contribution in [0.3, 0.4) is 0 Å².